The molecule has 120 valence electrons. The maximum absolute atomic E-state index is 13.6. The number of aliphatic carboxylic acids is 1. The van der Waals surface area contributed by atoms with Crippen molar-refractivity contribution in [2.24, 2.45) is 5.92 Å². The van der Waals surface area contributed by atoms with Gasteiger partial charge in [0.05, 0.1) is 5.92 Å². The molecular weight excluding hydrogens is 289 g/mol. The molecule has 0 saturated heterocycles. The standard InChI is InChI=1S/C16H20FNO4/c1-10-3-6-13(17)14(7-10)22-9-15(19)18(12-4-5-12)8-11(2)16(20)21/h3,6-7,11-12H,4-5,8-9H2,1-2H3,(H,20,21). The van der Waals surface area contributed by atoms with Gasteiger partial charge in [0.1, 0.15) is 0 Å². The zero-order valence-electron chi connectivity index (χ0n) is 12.7. The first-order valence-corrected chi connectivity index (χ1v) is 7.29. The minimum atomic E-state index is -0.941. The molecule has 0 heterocycles. The number of carboxylic acids is 1. The molecule has 5 nitrogen and oxygen atoms in total. The number of hydrogen-bond acceptors (Lipinski definition) is 3. The van der Waals surface area contributed by atoms with Crippen LogP contribution in [-0.4, -0.2) is 41.1 Å². The molecule has 0 radical (unpaired) electrons. The fourth-order valence-electron chi connectivity index (χ4n) is 2.16. The van der Waals surface area contributed by atoms with Gasteiger partial charge in [0.15, 0.2) is 18.2 Å². The van der Waals surface area contributed by atoms with E-state index in [0.29, 0.717) is 0 Å². The van der Waals surface area contributed by atoms with Crippen LogP contribution in [0.15, 0.2) is 18.2 Å². The Morgan fingerprint density at radius 2 is 2.14 bits per heavy atom. The molecule has 1 saturated carbocycles. The summed E-state index contributed by atoms with van der Waals surface area (Å²) in [7, 11) is 0. The van der Waals surface area contributed by atoms with Crippen molar-refractivity contribution in [1.29, 1.82) is 0 Å². The van der Waals surface area contributed by atoms with Crippen molar-refractivity contribution in [2.45, 2.75) is 32.7 Å². The maximum atomic E-state index is 13.6. The van der Waals surface area contributed by atoms with E-state index in [0.717, 1.165) is 18.4 Å². The van der Waals surface area contributed by atoms with Crippen molar-refractivity contribution in [3.8, 4) is 5.75 Å². The Hall–Kier alpha value is -2.11. The summed E-state index contributed by atoms with van der Waals surface area (Å²) in [5.41, 5.74) is 0.836. The molecule has 0 bridgehead atoms. The Morgan fingerprint density at radius 3 is 2.73 bits per heavy atom. The zero-order chi connectivity index (χ0) is 16.3. The van der Waals surface area contributed by atoms with Crippen LogP contribution >= 0.6 is 0 Å². The highest BCUT2D eigenvalue weighted by Crippen LogP contribution is 2.28. The Bertz CT molecular complexity index is 571. The van der Waals surface area contributed by atoms with Gasteiger partial charge < -0.3 is 14.7 Å². The lowest BCUT2D eigenvalue weighted by atomic mass is 10.1. The highest BCUT2D eigenvalue weighted by molar-refractivity contribution is 5.79. The molecule has 1 aromatic rings. The summed E-state index contributed by atoms with van der Waals surface area (Å²) in [5.74, 6) is -2.37. The lowest BCUT2D eigenvalue weighted by Crippen LogP contribution is -2.41. The van der Waals surface area contributed by atoms with Gasteiger partial charge in [-0.15, -0.1) is 0 Å². The molecule has 1 amide bonds. The Balaban J connectivity index is 1.96. The van der Waals surface area contributed by atoms with E-state index in [1.807, 2.05) is 0 Å². The van der Waals surface area contributed by atoms with Crippen LogP contribution < -0.4 is 4.74 Å². The van der Waals surface area contributed by atoms with E-state index >= 15 is 0 Å². The summed E-state index contributed by atoms with van der Waals surface area (Å²) in [4.78, 5) is 24.7. The monoisotopic (exact) mass is 309 g/mol. The number of benzene rings is 1. The molecule has 1 fully saturated rings. The third kappa shape index (κ3) is 4.19. The van der Waals surface area contributed by atoms with Gasteiger partial charge in [0, 0.05) is 12.6 Å². The van der Waals surface area contributed by atoms with Crippen LogP contribution in [0.25, 0.3) is 0 Å². The molecule has 2 rings (SSSR count). The second kappa shape index (κ2) is 6.77. The lowest BCUT2D eigenvalue weighted by molar-refractivity contribution is -0.143. The predicted octanol–water partition coefficient (Wildman–Crippen LogP) is 2.22. The Labute approximate surface area is 128 Å². The zero-order valence-corrected chi connectivity index (χ0v) is 12.7. The summed E-state index contributed by atoms with van der Waals surface area (Å²) >= 11 is 0. The second-order valence-electron chi connectivity index (χ2n) is 5.74. The topological polar surface area (TPSA) is 66.8 Å². The minimum Gasteiger partial charge on any atom is -0.481 e. The fraction of sp³-hybridized carbons (Fsp3) is 0.500. The van der Waals surface area contributed by atoms with Gasteiger partial charge in [0.25, 0.3) is 5.91 Å². The molecule has 0 spiro atoms. The number of hydrogen-bond donors (Lipinski definition) is 1. The number of rotatable bonds is 7. The Morgan fingerprint density at radius 1 is 1.45 bits per heavy atom. The molecule has 6 heteroatoms. The van der Waals surface area contributed by atoms with E-state index in [-0.39, 0.29) is 30.9 Å². The molecule has 0 aliphatic heterocycles. The number of halogens is 1. The average Bonchev–Trinajstić information content (AvgIpc) is 3.29. The number of carbonyl (C=O) groups is 2. The van der Waals surface area contributed by atoms with Gasteiger partial charge in [-0.25, -0.2) is 4.39 Å². The van der Waals surface area contributed by atoms with Crippen molar-refractivity contribution in [1.82, 2.24) is 4.90 Å². The van der Waals surface area contributed by atoms with Gasteiger partial charge in [-0.1, -0.05) is 13.0 Å². The molecule has 1 atom stereocenters. The van der Waals surface area contributed by atoms with Crippen LogP contribution in [-0.2, 0) is 9.59 Å². The lowest BCUT2D eigenvalue weighted by Gasteiger charge is -2.24. The van der Waals surface area contributed by atoms with E-state index in [4.69, 9.17) is 9.84 Å². The van der Waals surface area contributed by atoms with Gasteiger partial charge in [-0.05, 0) is 37.5 Å². The number of nitrogens with zero attached hydrogens (tertiary/aromatic N) is 1. The van der Waals surface area contributed by atoms with E-state index in [1.165, 1.54) is 17.0 Å². The first-order chi connectivity index (χ1) is 10.4. The van der Waals surface area contributed by atoms with Gasteiger partial charge in [0.2, 0.25) is 0 Å². The third-order valence-electron chi connectivity index (χ3n) is 3.64. The molecule has 1 aromatic carbocycles. The summed E-state index contributed by atoms with van der Waals surface area (Å²) in [6.07, 6.45) is 1.74. The van der Waals surface area contributed by atoms with Crippen molar-refractivity contribution >= 4 is 11.9 Å². The highest BCUT2D eigenvalue weighted by Gasteiger charge is 2.34. The number of amides is 1. The van der Waals surface area contributed by atoms with Crippen molar-refractivity contribution < 1.29 is 23.8 Å². The van der Waals surface area contributed by atoms with Crippen molar-refractivity contribution in [3.05, 3.63) is 29.6 Å². The van der Waals surface area contributed by atoms with Crippen LogP contribution in [0.5, 0.6) is 5.75 Å². The average molecular weight is 309 g/mol. The van der Waals surface area contributed by atoms with Crippen molar-refractivity contribution in [2.75, 3.05) is 13.2 Å². The fourth-order valence-corrected chi connectivity index (χ4v) is 2.16. The SMILES string of the molecule is Cc1ccc(F)c(OCC(=O)N(CC(C)C(=O)O)C2CC2)c1. The maximum Gasteiger partial charge on any atom is 0.308 e. The first-order valence-electron chi connectivity index (χ1n) is 7.29. The summed E-state index contributed by atoms with van der Waals surface area (Å²) in [6, 6.07) is 4.53. The van der Waals surface area contributed by atoms with Crippen LogP contribution in [0.4, 0.5) is 4.39 Å². The van der Waals surface area contributed by atoms with E-state index in [2.05, 4.69) is 0 Å². The number of aryl methyl sites for hydroxylation is 1. The molecule has 1 unspecified atom stereocenters. The van der Waals surface area contributed by atoms with Crippen LogP contribution in [0, 0.1) is 18.7 Å². The second-order valence-corrected chi connectivity index (χ2v) is 5.74. The molecule has 22 heavy (non-hydrogen) atoms. The van der Waals surface area contributed by atoms with E-state index < -0.39 is 17.7 Å². The van der Waals surface area contributed by atoms with Crippen molar-refractivity contribution in [3.63, 3.8) is 0 Å². The minimum absolute atomic E-state index is 0.0374. The third-order valence-corrected chi connectivity index (χ3v) is 3.64. The molecule has 1 N–H and O–H groups in total. The summed E-state index contributed by atoms with van der Waals surface area (Å²) < 4.78 is 18.8. The first kappa shape index (κ1) is 16.3. The summed E-state index contributed by atoms with van der Waals surface area (Å²) in [6.45, 7) is 3.23. The van der Waals surface area contributed by atoms with Crippen LogP contribution in [0.1, 0.15) is 25.3 Å². The van der Waals surface area contributed by atoms with Crippen LogP contribution in [0.2, 0.25) is 0 Å². The smallest absolute Gasteiger partial charge is 0.308 e. The number of carboxylic acid groups (broad SMARTS) is 1. The number of ether oxygens (including phenoxy) is 1. The molecule has 1 aliphatic rings. The van der Waals surface area contributed by atoms with Gasteiger partial charge >= 0.3 is 5.97 Å². The van der Waals surface area contributed by atoms with Gasteiger partial charge in [-0.2, -0.15) is 0 Å². The van der Waals surface area contributed by atoms with E-state index in [9.17, 15) is 14.0 Å². The quantitative estimate of drug-likeness (QED) is 0.838. The van der Waals surface area contributed by atoms with Crippen LogP contribution in [0.3, 0.4) is 0 Å². The predicted molar refractivity (Wildman–Crippen MR) is 78.2 cm³/mol. The molecular formula is C16H20FNO4. The normalized spacial score (nSPS) is 15.2. The van der Waals surface area contributed by atoms with Gasteiger partial charge in [-0.3, -0.25) is 9.59 Å². The largest absolute Gasteiger partial charge is 0.481 e. The van der Waals surface area contributed by atoms with E-state index in [1.54, 1.807) is 19.9 Å². The molecule has 1 aliphatic carbocycles. The highest BCUT2D eigenvalue weighted by atomic mass is 19.1. The number of carbonyl (C=O) groups excluding carboxylic acids is 1. The summed E-state index contributed by atoms with van der Waals surface area (Å²) in [5, 5.41) is 8.97. The molecule has 0 aromatic heterocycles. The Kier molecular flexibility index (Phi) is 5.00.